The van der Waals surface area contributed by atoms with Crippen molar-refractivity contribution in [3.8, 4) is 34.5 Å². The van der Waals surface area contributed by atoms with Gasteiger partial charge in [-0.2, -0.15) is 0 Å². The third kappa shape index (κ3) is 4.08. The first-order valence-electron chi connectivity index (χ1n) is 10.0. The fourth-order valence-electron chi connectivity index (χ4n) is 3.90. The van der Waals surface area contributed by atoms with Gasteiger partial charge in [0.1, 0.15) is 30.2 Å². The van der Waals surface area contributed by atoms with Crippen molar-refractivity contribution in [2.24, 2.45) is 0 Å². The van der Waals surface area contributed by atoms with E-state index in [1.54, 1.807) is 0 Å². The molecule has 2 aliphatic rings. The van der Waals surface area contributed by atoms with E-state index in [0.29, 0.717) is 0 Å². The van der Waals surface area contributed by atoms with Crippen LogP contribution in [0.2, 0.25) is 0 Å². The van der Waals surface area contributed by atoms with Crippen molar-refractivity contribution in [3.05, 3.63) is 35.4 Å². The van der Waals surface area contributed by atoms with Crippen LogP contribution < -0.4 is 9.47 Å². The highest BCUT2D eigenvalue weighted by molar-refractivity contribution is 5.62. The minimum Gasteiger partial charge on any atom is -0.507 e. The SMILES string of the molecule is OC[C@H]1O[C@H](Oc2c(O)cc(O)c3c2O[C@H](c2ccc(O)c(O)c2)[C@H](O)C3)[C@H](O)[C@@H](O)[C@H]1O. The van der Waals surface area contributed by atoms with E-state index in [-0.39, 0.29) is 29.0 Å². The van der Waals surface area contributed by atoms with Crippen molar-refractivity contribution < 1.29 is 60.2 Å². The summed E-state index contributed by atoms with van der Waals surface area (Å²) in [5, 5.41) is 90.1. The Bertz CT molecular complexity index is 1020. The van der Waals surface area contributed by atoms with Crippen LogP contribution in [0.3, 0.4) is 0 Å². The summed E-state index contributed by atoms with van der Waals surface area (Å²) >= 11 is 0. The third-order valence-electron chi connectivity index (χ3n) is 5.71. The van der Waals surface area contributed by atoms with E-state index in [1.165, 1.54) is 18.2 Å². The van der Waals surface area contributed by atoms with Gasteiger partial charge in [0, 0.05) is 18.1 Å². The summed E-state index contributed by atoms with van der Waals surface area (Å²) in [4.78, 5) is 0. The molecule has 0 bridgehead atoms. The lowest BCUT2D eigenvalue weighted by Gasteiger charge is -2.40. The van der Waals surface area contributed by atoms with E-state index in [0.717, 1.165) is 6.07 Å². The number of phenols is 4. The monoisotopic (exact) mass is 468 g/mol. The van der Waals surface area contributed by atoms with Crippen molar-refractivity contribution >= 4 is 0 Å². The molecule has 0 spiro atoms. The fraction of sp³-hybridized carbons (Fsp3) is 0.429. The number of phenolic OH excluding ortho intramolecular Hbond substituents is 4. The molecule has 0 amide bonds. The summed E-state index contributed by atoms with van der Waals surface area (Å²) in [7, 11) is 0. The number of fused-ring (bicyclic) bond motifs is 1. The minimum atomic E-state index is -1.77. The van der Waals surface area contributed by atoms with Crippen LogP contribution >= 0.6 is 0 Å². The second-order valence-corrected chi connectivity index (χ2v) is 7.92. The van der Waals surface area contributed by atoms with Gasteiger partial charge in [-0.05, 0) is 17.7 Å². The number of hydrogen-bond acceptors (Lipinski definition) is 12. The van der Waals surface area contributed by atoms with Crippen molar-refractivity contribution in [2.45, 2.75) is 49.3 Å². The zero-order chi connectivity index (χ0) is 24.0. The van der Waals surface area contributed by atoms with Crippen LogP contribution in [0.5, 0.6) is 34.5 Å². The van der Waals surface area contributed by atoms with Gasteiger partial charge >= 0.3 is 0 Å². The summed E-state index contributed by atoms with van der Waals surface area (Å²) in [5.74, 6) is -2.46. The first-order valence-corrected chi connectivity index (χ1v) is 10.0. The number of hydrogen-bond donors (Lipinski definition) is 9. The molecule has 1 saturated heterocycles. The lowest BCUT2D eigenvalue weighted by molar-refractivity contribution is -0.278. The molecule has 2 aromatic rings. The molecule has 9 N–H and O–H groups in total. The molecule has 0 radical (unpaired) electrons. The molecule has 0 saturated carbocycles. The summed E-state index contributed by atoms with van der Waals surface area (Å²) in [6.45, 7) is -0.695. The van der Waals surface area contributed by atoms with Gasteiger partial charge in [-0.3, -0.25) is 0 Å². The number of ether oxygens (including phenoxy) is 3. The van der Waals surface area contributed by atoms with Crippen LogP contribution in [-0.2, 0) is 11.2 Å². The molecule has 1 fully saturated rings. The van der Waals surface area contributed by atoms with Crippen molar-refractivity contribution in [2.75, 3.05) is 6.61 Å². The fourth-order valence-corrected chi connectivity index (χ4v) is 3.90. The molecule has 12 nitrogen and oxygen atoms in total. The second kappa shape index (κ2) is 8.74. The molecule has 2 aliphatic heterocycles. The van der Waals surface area contributed by atoms with Crippen LogP contribution in [0.15, 0.2) is 24.3 Å². The highest BCUT2D eigenvalue weighted by Crippen LogP contribution is 2.51. The average Bonchev–Trinajstić information content (AvgIpc) is 2.78. The Hall–Kier alpha value is -3.00. The van der Waals surface area contributed by atoms with Crippen molar-refractivity contribution in [1.82, 2.24) is 0 Å². The number of rotatable bonds is 4. The molecule has 33 heavy (non-hydrogen) atoms. The number of aliphatic hydroxyl groups excluding tert-OH is 5. The summed E-state index contributed by atoms with van der Waals surface area (Å²) in [6.07, 6.45) is -10.5. The Morgan fingerprint density at radius 2 is 1.58 bits per heavy atom. The number of benzene rings is 2. The molecule has 180 valence electrons. The third-order valence-corrected chi connectivity index (χ3v) is 5.71. The van der Waals surface area contributed by atoms with E-state index in [4.69, 9.17) is 14.2 Å². The molecule has 0 unspecified atom stereocenters. The van der Waals surface area contributed by atoms with E-state index in [9.17, 15) is 46.0 Å². The van der Waals surface area contributed by atoms with Gasteiger partial charge in [-0.1, -0.05) is 6.07 Å². The van der Waals surface area contributed by atoms with Gasteiger partial charge in [0.2, 0.25) is 12.0 Å². The Morgan fingerprint density at radius 1 is 0.848 bits per heavy atom. The predicted molar refractivity (Wildman–Crippen MR) is 107 cm³/mol. The van der Waals surface area contributed by atoms with Gasteiger partial charge in [0.15, 0.2) is 29.1 Å². The quantitative estimate of drug-likeness (QED) is 0.240. The zero-order valence-electron chi connectivity index (χ0n) is 17.0. The Balaban J connectivity index is 1.70. The molecular formula is C21H24O12. The van der Waals surface area contributed by atoms with Crippen LogP contribution in [0, 0.1) is 0 Å². The Morgan fingerprint density at radius 3 is 2.24 bits per heavy atom. The van der Waals surface area contributed by atoms with Gasteiger partial charge in [-0.25, -0.2) is 0 Å². The maximum absolute atomic E-state index is 10.6. The lowest BCUT2D eigenvalue weighted by Crippen LogP contribution is -2.60. The molecule has 0 aliphatic carbocycles. The van der Waals surface area contributed by atoms with Crippen LogP contribution in [0.25, 0.3) is 0 Å². The second-order valence-electron chi connectivity index (χ2n) is 7.92. The van der Waals surface area contributed by atoms with E-state index in [2.05, 4.69) is 0 Å². The van der Waals surface area contributed by atoms with Crippen LogP contribution in [0.4, 0.5) is 0 Å². The van der Waals surface area contributed by atoms with E-state index >= 15 is 0 Å². The Labute approximate surface area is 186 Å². The zero-order valence-corrected chi connectivity index (χ0v) is 17.0. The molecule has 4 rings (SSSR count). The molecule has 2 heterocycles. The van der Waals surface area contributed by atoms with Gasteiger partial charge in [0.25, 0.3) is 0 Å². The van der Waals surface area contributed by atoms with Crippen LogP contribution in [-0.4, -0.2) is 89.4 Å². The molecule has 2 aromatic carbocycles. The largest absolute Gasteiger partial charge is 0.507 e. The van der Waals surface area contributed by atoms with Crippen molar-refractivity contribution in [1.29, 1.82) is 0 Å². The van der Waals surface area contributed by atoms with E-state index < -0.39 is 72.5 Å². The lowest BCUT2D eigenvalue weighted by atomic mass is 9.93. The highest BCUT2D eigenvalue weighted by atomic mass is 16.7. The van der Waals surface area contributed by atoms with E-state index in [1.807, 2.05) is 0 Å². The normalized spacial score (nSPS) is 31.5. The van der Waals surface area contributed by atoms with Gasteiger partial charge in [-0.15, -0.1) is 0 Å². The van der Waals surface area contributed by atoms with Gasteiger partial charge < -0.3 is 60.2 Å². The maximum atomic E-state index is 10.6. The summed E-state index contributed by atoms with van der Waals surface area (Å²) in [6, 6.07) is 4.70. The highest BCUT2D eigenvalue weighted by Gasteiger charge is 2.46. The maximum Gasteiger partial charge on any atom is 0.229 e. The first-order chi connectivity index (χ1) is 15.6. The minimum absolute atomic E-state index is 0.0686. The van der Waals surface area contributed by atoms with Crippen LogP contribution in [0.1, 0.15) is 17.2 Å². The number of aromatic hydroxyl groups is 4. The standard InChI is InChI=1S/C21H24O12/c22-6-14-15(28)16(29)17(30)21(31-14)33-20-13(27)5-10(24)8-4-12(26)18(32-19(8)20)7-1-2-9(23)11(25)3-7/h1-3,5,12,14-18,21-30H,4,6H2/t12-,14-,15+,16+,17-,18-,21-/m1/s1. The molecule has 12 heteroatoms. The number of aliphatic hydroxyl groups is 5. The Kier molecular flexibility index (Phi) is 6.14. The topological polar surface area (TPSA) is 210 Å². The smallest absolute Gasteiger partial charge is 0.229 e. The summed E-state index contributed by atoms with van der Waals surface area (Å²) < 4.78 is 16.7. The molecular weight excluding hydrogens is 444 g/mol. The first kappa shape index (κ1) is 23.2. The predicted octanol–water partition coefficient (Wildman–Crippen LogP) is -1.28. The molecule has 0 aromatic heterocycles. The molecule has 7 atom stereocenters. The average molecular weight is 468 g/mol. The van der Waals surface area contributed by atoms with Crippen molar-refractivity contribution in [3.63, 3.8) is 0 Å². The van der Waals surface area contributed by atoms with Gasteiger partial charge in [0.05, 0.1) is 12.7 Å². The summed E-state index contributed by atoms with van der Waals surface area (Å²) in [5.41, 5.74) is 0.337.